The number of benzene rings is 1. The maximum atomic E-state index is 13.2. The lowest BCUT2D eigenvalue weighted by Gasteiger charge is -2.17. The first-order valence-electron chi connectivity index (χ1n) is 6.45. The Bertz CT molecular complexity index is 513. The molecule has 0 aliphatic heterocycles. The molecule has 0 aliphatic rings. The van der Waals surface area contributed by atoms with Crippen molar-refractivity contribution in [1.29, 1.82) is 0 Å². The van der Waals surface area contributed by atoms with E-state index >= 15 is 0 Å². The smallest absolute Gasteiger partial charge is 0.165 e. The summed E-state index contributed by atoms with van der Waals surface area (Å²) in [6.07, 6.45) is 2.15. The molecule has 0 radical (unpaired) electrons. The Morgan fingerprint density at radius 1 is 1.37 bits per heavy atom. The molecular formula is C15H18FNOS. The first-order valence-corrected chi connectivity index (χ1v) is 7.33. The molecule has 2 aromatic rings. The standard InChI is InChI=1S/C15H18FNOS/c1-2-4-13(15-5-3-8-19-15)17-10-11-6-7-14(18)12(16)9-11/h3,5-9,13,17-18H,2,4,10H2,1H3. The SMILES string of the molecule is CCCC(NCc1ccc(O)c(F)c1)c1cccs1. The van der Waals surface area contributed by atoms with Gasteiger partial charge in [-0.1, -0.05) is 25.5 Å². The highest BCUT2D eigenvalue weighted by Gasteiger charge is 2.11. The van der Waals surface area contributed by atoms with E-state index in [2.05, 4.69) is 23.7 Å². The molecule has 0 saturated heterocycles. The van der Waals surface area contributed by atoms with E-state index in [-0.39, 0.29) is 5.75 Å². The van der Waals surface area contributed by atoms with Gasteiger partial charge in [-0.15, -0.1) is 11.3 Å². The summed E-state index contributed by atoms with van der Waals surface area (Å²) in [4.78, 5) is 1.31. The van der Waals surface area contributed by atoms with Gasteiger partial charge in [-0.25, -0.2) is 4.39 Å². The van der Waals surface area contributed by atoms with Gasteiger partial charge < -0.3 is 10.4 Å². The average molecular weight is 279 g/mol. The summed E-state index contributed by atoms with van der Waals surface area (Å²) in [6, 6.07) is 8.98. The third kappa shape index (κ3) is 3.78. The van der Waals surface area contributed by atoms with E-state index in [0.717, 1.165) is 18.4 Å². The summed E-state index contributed by atoms with van der Waals surface area (Å²) in [6.45, 7) is 2.75. The number of thiophene rings is 1. The van der Waals surface area contributed by atoms with Crippen LogP contribution in [0.15, 0.2) is 35.7 Å². The Morgan fingerprint density at radius 3 is 2.84 bits per heavy atom. The molecule has 2 N–H and O–H groups in total. The molecule has 0 amide bonds. The maximum absolute atomic E-state index is 13.2. The van der Waals surface area contributed by atoms with Gasteiger partial charge in [0.05, 0.1) is 0 Å². The van der Waals surface area contributed by atoms with Crippen molar-refractivity contribution in [2.45, 2.75) is 32.4 Å². The van der Waals surface area contributed by atoms with Gasteiger partial charge in [0.25, 0.3) is 0 Å². The van der Waals surface area contributed by atoms with Crippen molar-refractivity contribution in [3.05, 3.63) is 52.0 Å². The number of nitrogens with one attached hydrogen (secondary N) is 1. The van der Waals surface area contributed by atoms with Crippen LogP contribution >= 0.6 is 11.3 Å². The highest BCUT2D eigenvalue weighted by atomic mass is 32.1. The molecule has 1 aromatic heterocycles. The van der Waals surface area contributed by atoms with Crippen LogP contribution in [0.25, 0.3) is 0 Å². The number of aromatic hydroxyl groups is 1. The van der Waals surface area contributed by atoms with Gasteiger partial charge >= 0.3 is 0 Å². The van der Waals surface area contributed by atoms with Gasteiger partial charge in [0.2, 0.25) is 0 Å². The number of phenolic OH excluding ortho intramolecular Hbond substituents is 1. The molecule has 0 bridgehead atoms. The Morgan fingerprint density at radius 2 is 2.21 bits per heavy atom. The third-order valence-corrected chi connectivity index (χ3v) is 4.01. The summed E-state index contributed by atoms with van der Waals surface area (Å²) < 4.78 is 13.2. The molecule has 0 saturated carbocycles. The van der Waals surface area contributed by atoms with Gasteiger partial charge in [0, 0.05) is 17.5 Å². The van der Waals surface area contributed by atoms with E-state index in [9.17, 15) is 4.39 Å². The Balaban J connectivity index is 2.00. The van der Waals surface area contributed by atoms with Gasteiger partial charge in [0.15, 0.2) is 11.6 Å². The minimum absolute atomic E-state index is 0.299. The van der Waals surface area contributed by atoms with Crippen LogP contribution in [0.5, 0.6) is 5.75 Å². The second kappa shape index (κ2) is 6.68. The predicted octanol–water partition coefficient (Wildman–Crippen LogP) is 4.22. The van der Waals surface area contributed by atoms with Gasteiger partial charge in [-0.2, -0.15) is 0 Å². The molecule has 4 heteroatoms. The molecule has 0 fully saturated rings. The van der Waals surface area contributed by atoms with Crippen molar-refractivity contribution < 1.29 is 9.50 Å². The zero-order valence-corrected chi connectivity index (χ0v) is 11.7. The summed E-state index contributed by atoms with van der Waals surface area (Å²) in [5, 5.41) is 14.7. The minimum Gasteiger partial charge on any atom is -0.505 e. The third-order valence-electron chi connectivity index (χ3n) is 3.03. The molecule has 1 atom stereocenters. The monoisotopic (exact) mass is 279 g/mol. The molecule has 102 valence electrons. The topological polar surface area (TPSA) is 32.3 Å². The van der Waals surface area contributed by atoms with Gasteiger partial charge in [-0.3, -0.25) is 0 Å². The Kier molecular flexibility index (Phi) is 4.93. The lowest BCUT2D eigenvalue weighted by atomic mass is 10.1. The van der Waals surface area contributed by atoms with Crippen molar-refractivity contribution >= 4 is 11.3 Å². The fraction of sp³-hybridized carbons (Fsp3) is 0.333. The summed E-state index contributed by atoms with van der Waals surface area (Å²) in [7, 11) is 0. The van der Waals surface area contributed by atoms with Crippen LogP contribution in [0.2, 0.25) is 0 Å². The number of hydrogen-bond donors (Lipinski definition) is 2. The highest BCUT2D eigenvalue weighted by Crippen LogP contribution is 2.24. The molecule has 1 heterocycles. The zero-order valence-electron chi connectivity index (χ0n) is 10.9. The number of halogens is 1. The fourth-order valence-corrected chi connectivity index (χ4v) is 2.86. The van der Waals surface area contributed by atoms with Crippen molar-refractivity contribution in [1.82, 2.24) is 5.32 Å². The van der Waals surface area contributed by atoms with Crippen LogP contribution in [0.1, 0.15) is 36.2 Å². The van der Waals surface area contributed by atoms with Crippen LogP contribution in [-0.2, 0) is 6.54 Å². The number of phenols is 1. The van der Waals surface area contributed by atoms with Crippen LogP contribution in [-0.4, -0.2) is 5.11 Å². The number of rotatable bonds is 6. The molecule has 2 nitrogen and oxygen atoms in total. The maximum Gasteiger partial charge on any atom is 0.165 e. The Labute approximate surface area is 116 Å². The molecule has 19 heavy (non-hydrogen) atoms. The molecule has 1 aromatic carbocycles. The van der Waals surface area contributed by atoms with E-state index in [1.807, 2.05) is 6.07 Å². The molecule has 2 rings (SSSR count). The average Bonchev–Trinajstić information content (AvgIpc) is 2.92. The highest BCUT2D eigenvalue weighted by molar-refractivity contribution is 7.10. The van der Waals surface area contributed by atoms with Crippen LogP contribution < -0.4 is 5.32 Å². The largest absolute Gasteiger partial charge is 0.505 e. The van der Waals surface area contributed by atoms with E-state index in [0.29, 0.717) is 12.6 Å². The zero-order chi connectivity index (χ0) is 13.7. The van der Waals surface area contributed by atoms with Crippen molar-refractivity contribution in [2.24, 2.45) is 0 Å². The lowest BCUT2D eigenvalue weighted by Crippen LogP contribution is -2.20. The van der Waals surface area contributed by atoms with Crippen LogP contribution in [0.4, 0.5) is 4.39 Å². The van der Waals surface area contributed by atoms with Crippen molar-refractivity contribution in [3.63, 3.8) is 0 Å². The summed E-state index contributed by atoms with van der Waals surface area (Å²) in [5.74, 6) is -0.866. The second-order valence-electron chi connectivity index (χ2n) is 4.52. The van der Waals surface area contributed by atoms with Gasteiger partial charge in [-0.05, 0) is 35.6 Å². The number of hydrogen-bond acceptors (Lipinski definition) is 3. The van der Waals surface area contributed by atoms with Gasteiger partial charge in [0.1, 0.15) is 0 Å². The first-order chi connectivity index (χ1) is 9.20. The lowest BCUT2D eigenvalue weighted by molar-refractivity contribution is 0.430. The van der Waals surface area contributed by atoms with E-state index in [1.54, 1.807) is 17.4 Å². The summed E-state index contributed by atoms with van der Waals surface area (Å²) >= 11 is 1.74. The molecule has 1 unspecified atom stereocenters. The molecule has 0 aliphatic carbocycles. The van der Waals surface area contributed by atoms with E-state index in [4.69, 9.17) is 5.11 Å². The predicted molar refractivity (Wildman–Crippen MR) is 76.9 cm³/mol. The normalized spacial score (nSPS) is 12.5. The quantitative estimate of drug-likeness (QED) is 0.829. The van der Waals surface area contributed by atoms with Crippen molar-refractivity contribution in [2.75, 3.05) is 0 Å². The molecule has 0 spiro atoms. The van der Waals surface area contributed by atoms with E-state index in [1.165, 1.54) is 17.0 Å². The molecular weight excluding hydrogens is 261 g/mol. The summed E-state index contributed by atoms with van der Waals surface area (Å²) in [5.41, 5.74) is 0.841. The second-order valence-corrected chi connectivity index (χ2v) is 5.50. The minimum atomic E-state index is -0.567. The Hall–Kier alpha value is -1.39. The van der Waals surface area contributed by atoms with Crippen LogP contribution in [0, 0.1) is 5.82 Å². The van der Waals surface area contributed by atoms with E-state index < -0.39 is 5.82 Å². The fourth-order valence-electron chi connectivity index (χ4n) is 2.02. The van der Waals surface area contributed by atoms with Crippen LogP contribution in [0.3, 0.4) is 0 Å². The first kappa shape index (κ1) is 14.0. The van der Waals surface area contributed by atoms with Crippen molar-refractivity contribution in [3.8, 4) is 5.75 Å².